The van der Waals surface area contributed by atoms with E-state index in [0.29, 0.717) is 11.4 Å². The molecule has 0 bridgehead atoms. The first-order chi connectivity index (χ1) is 8.25. The average Bonchev–Trinajstić information content (AvgIpc) is 2.28. The summed E-state index contributed by atoms with van der Waals surface area (Å²) in [6.07, 6.45) is 0. The Morgan fingerprint density at radius 2 is 1.83 bits per heavy atom. The van der Waals surface area contributed by atoms with Crippen LogP contribution in [-0.2, 0) is 9.53 Å². The predicted octanol–water partition coefficient (Wildman–Crippen LogP) is 2.01. The zero-order valence-corrected chi connectivity index (χ0v) is 10.9. The Bertz CT molecular complexity index is 474. The van der Waals surface area contributed by atoms with Crippen LogP contribution in [0.3, 0.4) is 0 Å². The number of hydrogen-bond acceptors (Lipinski definition) is 5. The number of nitrogen functional groups attached to an aromatic ring is 1. The molecule has 0 aliphatic rings. The largest absolute Gasteiger partial charge is 0.495 e. The summed E-state index contributed by atoms with van der Waals surface area (Å²) in [6, 6.07) is 4.45. The Morgan fingerprint density at radius 3 is 2.33 bits per heavy atom. The summed E-state index contributed by atoms with van der Waals surface area (Å²) in [5, 5.41) is 0. The molecule has 1 rings (SSSR count). The molecule has 0 unspecified atom stereocenters. The molecule has 2 N–H and O–H groups in total. The van der Waals surface area contributed by atoms with Crippen LogP contribution in [0, 0.1) is 5.41 Å². The summed E-state index contributed by atoms with van der Waals surface area (Å²) in [7, 11) is 1.45. The van der Waals surface area contributed by atoms with Gasteiger partial charge in [-0.25, -0.2) is 4.79 Å². The third-order valence-electron chi connectivity index (χ3n) is 2.27. The maximum Gasteiger partial charge on any atom is 0.345 e. The smallest absolute Gasteiger partial charge is 0.345 e. The highest BCUT2D eigenvalue weighted by molar-refractivity contribution is 5.98. The van der Waals surface area contributed by atoms with Gasteiger partial charge in [0.05, 0.1) is 23.8 Å². The van der Waals surface area contributed by atoms with Gasteiger partial charge in [0.25, 0.3) is 0 Å². The van der Waals surface area contributed by atoms with Gasteiger partial charge < -0.3 is 15.2 Å². The number of esters is 2. The van der Waals surface area contributed by atoms with E-state index in [0.717, 1.165) is 0 Å². The Hall–Kier alpha value is -2.04. The van der Waals surface area contributed by atoms with Gasteiger partial charge in [-0.1, -0.05) is 0 Å². The second-order valence-electron chi connectivity index (χ2n) is 4.88. The number of benzene rings is 1. The van der Waals surface area contributed by atoms with Crippen LogP contribution < -0.4 is 10.5 Å². The maximum absolute atomic E-state index is 11.7. The van der Waals surface area contributed by atoms with Crippen molar-refractivity contribution in [3.05, 3.63) is 23.8 Å². The zero-order valence-electron chi connectivity index (χ0n) is 10.9. The average molecular weight is 251 g/mol. The number of carbonyl (C=O) groups is 2. The molecule has 0 aromatic heterocycles. The summed E-state index contributed by atoms with van der Waals surface area (Å²) in [5.41, 5.74) is 5.53. The van der Waals surface area contributed by atoms with Gasteiger partial charge in [0, 0.05) is 0 Å². The molecule has 0 fully saturated rings. The fourth-order valence-electron chi connectivity index (χ4n) is 1.13. The first-order valence-electron chi connectivity index (χ1n) is 5.46. The quantitative estimate of drug-likeness (QED) is 0.494. The van der Waals surface area contributed by atoms with Crippen molar-refractivity contribution in [1.82, 2.24) is 0 Å². The van der Waals surface area contributed by atoms with E-state index in [-0.39, 0.29) is 5.56 Å². The van der Waals surface area contributed by atoms with E-state index in [9.17, 15) is 9.59 Å². The van der Waals surface area contributed by atoms with E-state index in [1.165, 1.54) is 25.3 Å². The van der Waals surface area contributed by atoms with Gasteiger partial charge in [-0.15, -0.1) is 0 Å². The monoisotopic (exact) mass is 251 g/mol. The summed E-state index contributed by atoms with van der Waals surface area (Å²) in [4.78, 5) is 23.3. The molecule has 0 radical (unpaired) electrons. The van der Waals surface area contributed by atoms with Crippen LogP contribution in [-0.4, -0.2) is 19.0 Å². The second kappa shape index (κ2) is 5.08. The minimum absolute atomic E-state index is 0.221. The van der Waals surface area contributed by atoms with E-state index >= 15 is 0 Å². The van der Waals surface area contributed by atoms with Crippen molar-refractivity contribution in [3.8, 4) is 5.75 Å². The molecule has 5 heteroatoms. The highest BCUT2D eigenvalue weighted by atomic mass is 16.6. The molecule has 0 spiro atoms. The highest BCUT2D eigenvalue weighted by Gasteiger charge is 2.26. The lowest BCUT2D eigenvalue weighted by molar-refractivity contribution is -0.146. The summed E-state index contributed by atoms with van der Waals surface area (Å²) < 4.78 is 9.76. The molecule has 0 amide bonds. The van der Waals surface area contributed by atoms with Crippen molar-refractivity contribution < 1.29 is 19.1 Å². The van der Waals surface area contributed by atoms with Gasteiger partial charge in [0.2, 0.25) is 0 Å². The fourth-order valence-corrected chi connectivity index (χ4v) is 1.13. The molecule has 1 aromatic carbocycles. The van der Waals surface area contributed by atoms with E-state index in [4.69, 9.17) is 15.2 Å². The second-order valence-corrected chi connectivity index (χ2v) is 4.88. The molecule has 98 valence electrons. The molecule has 0 saturated carbocycles. The lowest BCUT2D eigenvalue weighted by atomic mass is 9.97. The van der Waals surface area contributed by atoms with Crippen molar-refractivity contribution >= 4 is 17.6 Å². The fraction of sp³-hybridized carbons (Fsp3) is 0.385. The Morgan fingerprint density at radius 1 is 1.22 bits per heavy atom. The van der Waals surface area contributed by atoms with Crippen LogP contribution in [0.4, 0.5) is 5.69 Å². The Kier molecular flexibility index (Phi) is 3.96. The van der Waals surface area contributed by atoms with Gasteiger partial charge in [-0.2, -0.15) is 0 Å². The number of ether oxygens (including phenoxy) is 2. The number of anilines is 1. The van der Waals surface area contributed by atoms with Crippen molar-refractivity contribution in [3.63, 3.8) is 0 Å². The number of nitrogens with two attached hydrogens (primary N) is 1. The Balaban J connectivity index is 2.89. The molecule has 0 atom stereocenters. The van der Waals surface area contributed by atoms with Gasteiger partial charge in [0.15, 0.2) is 0 Å². The first-order valence-corrected chi connectivity index (χ1v) is 5.46. The molecule has 0 aliphatic carbocycles. The van der Waals surface area contributed by atoms with Crippen LogP contribution in [0.1, 0.15) is 31.1 Å². The molecular weight excluding hydrogens is 234 g/mol. The van der Waals surface area contributed by atoms with E-state index in [1.54, 1.807) is 20.8 Å². The zero-order chi connectivity index (χ0) is 13.9. The molecule has 0 aliphatic heterocycles. The summed E-state index contributed by atoms with van der Waals surface area (Å²) in [6.45, 7) is 5.02. The minimum atomic E-state index is -0.729. The molecule has 18 heavy (non-hydrogen) atoms. The van der Waals surface area contributed by atoms with E-state index < -0.39 is 17.4 Å². The van der Waals surface area contributed by atoms with Crippen molar-refractivity contribution in [2.45, 2.75) is 20.8 Å². The minimum Gasteiger partial charge on any atom is -0.495 e. The number of carbonyl (C=O) groups excluding carboxylic acids is 2. The molecule has 5 nitrogen and oxygen atoms in total. The van der Waals surface area contributed by atoms with E-state index in [1.807, 2.05) is 0 Å². The third-order valence-corrected chi connectivity index (χ3v) is 2.27. The van der Waals surface area contributed by atoms with Gasteiger partial charge in [-0.3, -0.25) is 4.79 Å². The third kappa shape index (κ3) is 3.23. The van der Waals surface area contributed by atoms with Crippen LogP contribution in [0.15, 0.2) is 18.2 Å². The van der Waals surface area contributed by atoms with Gasteiger partial charge >= 0.3 is 11.9 Å². The SMILES string of the molecule is COc1cc(C(=O)OC(=O)C(C)(C)C)ccc1N. The lowest BCUT2D eigenvalue weighted by Gasteiger charge is -2.15. The lowest BCUT2D eigenvalue weighted by Crippen LogP contribution is -2.25. The summed E-state index contributed by atoms with van der Waals surface area (Å²) in [5.74, 6) is -0.927. The Labute approximate surface area is 106 Å². The normalized spacial score (nSPS) is 10.9. The van der Waals surface area contributed by atoms with Crippen molar-refractivity contribution in [2.75, 3.05) is 12.8 Å². The highest BCUT2D eigenvalue weighted by Crippen LogP contribution is 2.23. The summed E-state index contributed by atoms with van der Waals surface area (Å²) >= 11 is 0. The number of methoxy groups -OCH3 is 1. The van der Waals surface area contributed by atoms with Crippen LogP contribution in [0.25, 0.3) is 0 Å². The molecular formula is C13H17NO4. The standard InChI is InChI=1S/C13H17NO4/c1-13(2,3)12(16)18-11(15)8-5-6-9(14)10(7-8)17-4/h5-7H,14H2,1-4H3. The van der Waals surface area contributed by atoms with Crippen molar-refractivity contribution in [1.29, 1.82) is 0 Å². The van der Waals surface area contributed by atoms with E-state index in [2.05, 4.69) is 0 Å². The van der Waals surface area contributed by atoms with Gasteiger partial charge in [0.1, 0.15) is 5.75 Å². The molecule has 0 saturated heterocycles. The van der Waals surface area contributed by atoms with Gasteiger partial charge in [-0.05, 0) is 39.0 Å². The number of hydrogen-bond donors (Lipinski definition) is 1. The number of rotatable bonds is 2. The first kappa shape index (κ1) is 14.0. The maximum atomic E-state index is 11.7. The topological polar surface area (TPSA) is 78.6 Å². The molecule has 1 aromatic rings. The van der Waals surface area contributed by atoms with Crippen LogP contribution in [0.5, 0.6) is 5.75 Å². The van der Waals surface area contributed by atoms with Crippen molar-refractivity contribution in [2.24, 2.45) is 5.41 Å². The van der Waals surface area contributed by atoms with Crippen LogP contribution in [0.2, 0.25) is 0 Å². The van der Waals surface area contributed by atoms with Crippen LogP contribution >= 0.6 is 0 Å². The predicted molar refractivity (Wildman–Crippen MR) is 67.3 cm³/mol. The molecule has 0 heterocycles.